The first-order chi connectivity index (χ1) is 9.47. The van der Waals surface area contributed by atoms with Gasteiger partial charge in [0, 0.05) is 0 Å². The molecule has 0 saturated carbocycles. The predicted octanol–water partition coefficient (Wildman–Crippen LogP) is 2.86. The molecule has 20 heavy (non-hydrogen) atoms. The summed E-state index contributed by atoms with van der Waals surface area (Å²) in [6.45, 7) is 4.19. The van der Waals surface area contributed by atoms with E-state index in [-0.39, 0.29) is 24.8 Å². The Morgan fingerprint density at radius 2 is 1.55 bits per heavy atom. The Morgan fingerprint density at radius 1 is 1.05 bits per heavy atom. The lowest BCUT2D eigenvalue weighted by Gasteiger charge is -2.21. The van der Waals surface area contributed by atoms with Crippen molar-refractivity contribution in [3.63, 3.8) is 0 Å². The molecule has 0 aliphatic rings. The molecule has 0 aromatic carbocycles. The fraction of sp³-hybridized carbons (Fsp3) is 0.429. The largest absolute Gasteiger partial charge is 0.468 e. The Morgan fingerprint density at radius 3 is 1.90 bits per heavy atom. The Kier molecular flexibility index (Phi) is 4.67. The van der Waals surface area contributed by atoms with Gasteiger partial charge in [-0.2, -0.15) is 4.31 Å². The maximum Gasteiger partial charge on any atom is 0.215 e. The van der Waals surface area contributed by atoms with Gasteiger partial charge in [-0.25, -0.2) is 8.42 Å². The summed E-state index contributed by atoms with van der Waals surface area (Å²) < 4.78 is 36.8. The maximum atomic E-state index is 12.4. The van der Waals surface area contributed by atoms with Gasteiger partial charge in [-0.1, -0.05) is 13.8 Å². The van der Waals surface area contributed by atoms with Gasteiger partial charge in [-0.15, -0.1) is 0 Å². The molecule has 2 aromatic rings. The van der Waals surface area contributed by atoms with Crippen molar-refractivity contribution in [1.29, 1.82) is 0 Å². The average molecular weight is 297 g/mol. The molecule has 0 bridgehead atoms. The SMILES string of the molecule is CC(C)CS(=O)(=O)N(Cc1ccco1)Cc1ccco1. The second-order valence-corrected chi connectivity index (χ2v) is 7.11. The van der Waals surface area contributed by atoms with E-state index in [9.17, 15) is 8.42 Å². The molecule has 2 aromatic heterocycles. The molecule has 0 aliphatic heterocycles. The number of hydrogen-bond acceptors (Lipinski definition) is 4. The Balaban J connectivity index is 2.19. The lowest BCUT2D eigenvalue weighted by Crippen LogP contribution is -2.33. The molecule has 0 N–H and O–H groups in total. The molecule has 0 amide bonds. The standard InChI is InChI=1S/C14H19NO4S/c1-12(2)11-20(16,17)15(9-13-5-3-7-18-13)10-14-6-4-8-19-14/h3-8,12H,9-11H2,1-2H3. The van der Waals surface area contributed by atoms with Crippen LogP contribution in [0, 0.1) is 5.92 Å². The van der Waals surface area contributed by atoms with Crippen LogP contribution in [0.5, 0.6) is 0 Å². The lowest BCUT2D eigenvalue weighted by molar-refractivity contribution is 0.329. The quantitative estimate of drug-likeness (QED) is 0.788. The summed E-state index contributed by atoms with van der Waals surface area (Å²) in [5.41, 5.74) is 0. The van der Waals surface area contributed by atoms with E-state index in [1.54, 1.807) is 24.3 Å². The van der Waals surface area contributed by atoms with Gasteiger partial charge in [0.25, 0.3) is 0 Å². The third-order valence-corrected chi connectivity index (χ3v) is 4.89. The number of nitrogens with zero attached hydrogens (tertiary/aromatic N) is 1. The minimum Gasteiger partial charge on any atom is -0.468 e. The summed E-state index contributed by atoms with van der Waals surface area (Å²) in [5.74, 6) is 1.40. The van der Waals surface area contributed by atoms with Crippen molar-refractivity contribution in [2.24, 2.45) is 5.92 Å². The molecular formula is C14H19NO4S. The van der Waals surface area contributed by atoms with Crippen molar-refractivity contribution in [2.75, 3.05) is 5.75 Å². The Hall–Kier alpha value is -1.53. The van der Waals surface area contributed by atoms with Gasteiger partial charge < -0.3 is 8.83 Å². The molecule has 0 unspecified atom stereocenters. The van der Waals surface area contributed by atoms with Crippen LogP contribution in [0.1, 0.15) is 25.4 Å². The molecule has 0 spiro atoms. The van der Waals surface area contributed by atoms with Crippen LogP contribution in [0.4, 0.5) is 0 Å². The summed E-state index contributed by atoms with van der Waals surface area (Å²) in [5, 5.41) is 0. The zero-order valence-corrected chi connectivity index (χ0v) is 12.5. The summed E-state index contributed by atoms with van der Waals surface area (Å²) in [4.78, 5) is 0. The molecule has 0 saturated heterocycles. The first-order valence-electron chi connectivity index (χ1n) is 6.50. The number of hydrogen-bond donors (Lipinski definition) is 0. The predicted molar refractivity (Wildman–Crippen MR) is 75.3 cm³/mol. The molecule has 0 radical (unpaired) electrons. The average Bonchev–Trinajstić information content (AvgIpc) is 2.98. The van der Waals surface area contributed by atoms with Crippen LogP contribution in [-0.4, -0.2) is 18.5 Å². The highest BCUT2D eigenvalue weighted by molar-refractivity contribution is 7.89. The van der Waals surface area contributed by atoms with E-state index >= 15 is 0 Å². The topological polar surface area (TPSA) is 63.7 Å². The highest BCUT2D eigenvalue weighted by Gasteiger charge is 2.25. The fourth-order valence-electron chi connectivity index (χ4n) is 1.93. The molecule has 110 valence electrons. The smallest absolute Gasteiger partial charge is 0.215 e. The zero-order valence-electron chi connectivity index (χ0n) is 11.7. The van der Waals surface area contributed by atoms with Crippen molar-refractivity contribution in [3.05, 3.63) is 48.3 Å². The van der Waals surface area contributed by atoms with Gasteiger partial charge in [-0.05, 0) is 30.2 Å². The Labute approximate surface area is 119 Å². The first-order valence-corrected chi connectivity index (χ1v) is 8.11. The molecule has 0 fully saturated rings. The summed E-state index contributed by atoms with van der Waals surface area (Å²) in [6.07, 6.45) is 3.07. The van der Waals surface area contributed by atoms with E-state index in [1.807, 2.05) is 13.8 Å². The number of furan rings is 2. The molecule has 0 aliphatic carbocycles. The van der Waals surface area contributed by atoms with Crippen LogP contribution in [0.15, 0.2) is 45.6 Å². The highest BCUT2D eigenvalue weighted by atomic mass is 32.2. The minimum absolute atomic E-state index is 0.0655. The van der Waals surface area contributed by atoms with Gasteiger partial charge in [0.1, 0.15) is 11.5 Å². The molecule has 0 atom stereocenters. The summed E-state index contributed by atoms with van der Waals surface area (Å²) in [6, 6.07) is 7.02. The van der Waals surface area contributed by atoms with Crippen molar-refractivity contribution in [2.45, 2.75) is 26.9 Å². The summed E-state index contributed by atoms with van der Waals surface area (Å²) >= 11 is 0. The lowest BCUT2D eigenvalue weighted by atomic mass is 10.3. The van der Waals surface area contributed by atoms with Gasteiger partial charge in [0.2, 0.25) is 10.0 Å². The minimum atomic E-state index is -3.36. The normalized spacial score (nSPS) is 12.4. The van der Waals surface area contributed by atoms with Gasteiger partial charge in [-0.3, -0.25) is 0 Å². The zero-order chi connectivity index (χ0) is 14.6. The number of sulfonamides is 1. The van der Waals surface area contributed by atoms with Crippen molar-refractivity contribution >= 4 is 10.0 Å². The second-order valence-electron chi connectivity index (χ2n) is 5.10. The van der Waals surface area contributed by atoms with Gasteiger partial charge in [0.15, 0.2) is 0 Å². The van der Waals surface area contributed by atoms with E-state index in [4.69, 9.17) is 8.83 Å². The molecule has 2 heterocycles. The van der Waals surface area contributed by atoms with Crippen molar-refractivity contribution < 1.29 is 17.3 Å². The van der Waals surface area contributed by atoms with Gasteiger partial charge >= 0.3 is 0 Å². The van der Waals surface area contributed by atoms with E-state index in [1.165, 1.54) is 16.8 Å². The van der Waals surface area contributed by atoms with Crippen molar-refractivity contribution in [3.8, 4) is 0 Å². The van der Waals surface area contributed by atoms with Crippen LogP contribution in [0.3, 0.4) is 0 Å². The third-order valence-electron chi connectivity index (χ3n) is 2.76. The maximum absolute atomic E-state index is 12.4. The van der Waals surface area contributed by atoms with Crippen LogP contribution in [0.2, 0.25) is 0 Å². The summed E-state index contributed by atoms with van der Waals surface area (Å²) in [7, 11) is -3.36. The van der Waals surface area contributed by atoms with E-state index in [0.717, 1.165) is 0 Å². The van der Waals surface area contributed by atoms with Crippen LogP contribution < -0.4 is 0 Å². The van der Waals surface area contributed by atoms with Crippen LogP contribution in [0.25, 0.3) is 0 Å². The van der Waals surface area contributed by atoms with E-state index in [2.05, 4.69) is 0 Å². The van der Waals surface area contributed by atoms with E-state index in [0.29, 0.717) is 11.5 Å². The van der Waals surface area contributed by atoms with Crippen molar-refractivity contribution in [1.82, 2.24) is 4.31 Å². The van der Waals surface area contributed by atoms with Crippen LogP contribution >= 0.6 is 0 Å². The first kappa shape index (κ1) is 14.9. The molecule has 5 nitrogen and oxygen atoms in total. The molecule has 6 heteroatoms. The van der Waals surface area contributed by atoms with E-state index < -0.39 is 10.0 Å². The Bertz CT molecular complexity index is 563. The molecular weight excluding hydrogens is 278 g/mol. The number of rotatable bonds is 7. The van der Waals surface area contributed by atoms with Gasteiger partial charge in [0.05, 0.1) is 31.4 Å². The fourth-order valence-corrected chi connectivity index (χ4v) is 3.63. The highest BCUT2D eigenvalue weighted by Crippen LogP contribution is 2.17. The van der Waals surface area contributed by atoms with Crippen LogP contribution in [-0.2, 0) is 23.1 Å². The molecule has 2 rings (SSSR count). The second kappa shape index (κ2) is 6.28. The monoisotopic (exact) mass is 297 g/mol. The third kappa shape index (κ3) is 3.98.